The Bertz CT molecular complexity index is 207. The molecule has 1 rings (SSSR count). The molecule has 2 nitrogen and oxygen atoms in total. The van der Waals surface area contributed by atoms with E-state index in [1.54, 1.807) is 0 Å². The van der Waals surface area contributed by atoms with Gasteiger partial charge in [-0.1, -0.05) is 34.1 Å². The van der Waals surface area contributed by atoms with E-state index in [9.17, 15) is 0 Å². The molecule has 0 unspecified atom stereocenters. The predicted octanol–water partition coefficient (Wildman–Crippen LogP) is 4.39. The van der Waals surface area contributed by atoms with Crippen LogP contribution in [-0.4, -0.2) is 25.3 Å². The number of ether oxygens (including phenoxy) is 1. The fourth-order valence-electron chi connectivity index (χ4n) is 3.13. The SMILES string of the molecule is CCCCOC1(CNCCC)CCC(C(C)C)CC1. The van der Waals surface area contributed by atoms with Crippen molar-refractivity contribution in [3.8, 4) is 0 Å². The molecule has 1 fully saturated rings. The number of unbranched alkanes of at least 4 members (excludes halogenated alkanes) is 1. The third kappa shape index (κ3) is 5.83. The molecule has 0 aromatic rings. The van der Waals surface area contributed by atoms with E-state index in [1.165, 1.54) is 44.9 Å². The standard InChI is InChI=1S/C17H35NO/c1-5-7-13-19-17(14-18-12-6-2)10-8-16(9-11-17)15(3)4/h15-16,18H,5-14H2,1-4H3. The Morgan fingerprint density at radius 2 is 1.84 bits per heavy atom. The Morgan fingerprint density at radius 1 is 1.16 bits per heavy atom. The largest absolute Gasteiger partial charge is 0.374 e. The molecule has 0 amide bonds. The minimum absolute atomic E-state index is 0.135. The van der Waals surface area contributed by atoms with Crippen molar-refractivity contribution >= 4 is 0 Å². The Hall–Kier alpha value is -0.0800. The van der Waals surface area contributed by atoms with Gasteiger partial charge in [0.05, 0.1) is 5.60 Å². The van der Waals surface area contributed by atoms with Crippen molar-refractivity contribution < 1.29 is 4.74 Å². The molecule has 0 heterocycles. The highest BCUT2D eigenvalue weighted by atomic mass is 16.5. The summed E-state index contributed by atoms with van der Waals surface area (Å²) in [6.45, 7) is 12.3. The van der Waals surface area contributed by atoms with Crippen LogP contribution in [0.2, 0.25) is 0 Å². The van der Waals surface area contributed by atoms with Crippen LogP contribution >= 0.6 is 0 Å². The Balaban J connectivity index is 2.46. The van der Waals surface area contributed by atoms with E-state index in [2.05, 4.69) is 33.0 Å². The molecule has 0 aromatic carbocycles. The first-order valence-electron chi connectivity index (χ1n) is 8.48. The predicted molar refractivity (Wildman–Crippen MR) is 83.5 cm³/mol. The molecule has 1 aliphatic rings. The van der Waals surface area contributed by atoms with Gasteiger partial charge in [0.2, 0.25) is 0 Å². The van der Waals surface area contributed by atoms with Gasteiger partial charge in [0.1, 0.15) is 0 Å². The van der Waals surface area contributed by atoms with Crippen LogP contribution in [0.3, 0.4) is 0 Å². The van der Waals surface area contributed by atoms with E-state index in [0.29, 0.717) is 0 Å². The first-order chi connectivity index (χ1) is 9.13. The molecule has 0 spiro atoms. The van der Waals surface area contributed by atoms with E-state index in [1.807, 2.05) is 0 Å². The average molecular weight is 269 g/mol. The van der Waals surface area contributed by atoms with Gasteiger partial charge in [-0.15, -0.1) is 0 Å². The summed E-state index contributed by atoms with van der Waals surface area (Å²) in [5, 5.41) is 3.59. The summed E-state index contributed by atoms with van der Waals surface area (Å²) in [5.74, 6) is 1.74. The highest BCUT2D eigenvalue weighted by Gasteiger charge is 2.36. The smallest absolute Gasteiger partial charge is 0.0806 e. The molecule has 0 aromatic heterocycles. The first kappa shape index (κ1) is 17.0. The maximum Gasteiger partial charge on any atom is 0.0806 e. The number of nitrogens with one attached hydrogen (secondary N) is 1. The Morgan fingerprint density at radius 3 is 2.37 bits per heavy atom. The van der Waals surface area contributed by atoms with Gasteiger partial charge in [0.15, 0.2) is 0 Å². The van der Waals surface area contributed by atoms with Crippen LogP contribution in [0, 0.1) is 11.8 Å². The molecular formula is C17H35NO. The number of rotatable bonds is 9. The second-order valence-corrected chi connectivity index (χ2v) is 6.64. The lowest BCUT2D eigenvalue weighted by Gasteiger charge is -2.41. The van der Waals surface area contributed by atoms with E-state index in [-0.39, 0.29) is 5.60 Å². The maximum atomic E-state index is 6.32. The minimum Gasteiger partial charge on any atom is -0.374 e. The zero-order valence-electron chi connectivity index (χ0n) is 13.6. The van der Waals surface area contributed by atoms with Crippen LogP contribution in [0.25, 0.3) is 0 Å². The second-order valence-electron chi connectivity index (χ2n) is 6.64. The zero-order valence-corrected chi connectivity index (χ0v) is 13.6. The molecule has 19 heavy (non-hydrogen) atoms. The quantitative estimate of drug-likeness (QED) is 0.627. The van der Waals surface area contributed by atoms with Crippen LogP contribution in [0.1, 0.15) is 72.6 Å². The molecule has 0 aliphatic heterocycles. The Kier molecular flexibility index (Phi) is 8.01. The zero-order chi connectivity index (χ0) is 14.1. The van der Waals surface area contributed by atoms with Crippen molar-refractivity contribution in [3.63, 3.8) is 0 Å². The van der Waals surface area contributed by atoms with Crippen LogP contribution in [0.5, 0.6) is 0 Å². The Labute approximate surface area is 120 Å². The third-order valence-electron chi connectivity index (χ3n) is 4.66. The van der Waals surface area contributed by atoms with E-state index >= 15 is 0 Å². The van der Waals surface area contributed by atoms with Crippen LogP contribution in [0.4, 0.5) is 0 Å². The van der Waals surface area contributed by atoms with Crippen LogP contribution in [0.15, 0.2) is 0 Å². The highest BCUT2D eigenvalue weighted by molar-refractivity contribution is 4.90. The summed E-state index contributed by atoms with van der Waals surface area (Å²) in [6, 6.07) is 0. The van der Waals surface area contributed by atoms with Gasteiger partial charge in [-0.25, -0.2) is 0 Å². The third-order valence-corrected chi connectivity index (χ3v) is 4.66. The van der Waals surface area contributed by atoms with Gasteiger partial charge >= 0.3 is 0 Å². The van der Waals surface area contributed by atoms with E-state index in [0.717, 1.165) is 31.5 Å². The topological polar surface area (TPSA) is 21.3 Å². The molecule has 0 bridgehead atoms. The summed E-state index contributed by atoms with van der Waals surface area (Å²) in [6.07, 6.45) is 8.82. The van der Waals surface area contributed by atoms with Gasteiger partial charge < -0.3 is 10.1 Å². The maximum absolute atomic E-state index is 6.32. The molecule has 0 saturated heterocycles. The van der Waals surface area contributed by atoms with Gasteiger partial charge in [-0.2, -0.15) is 0 Å². The van der Waals surface area contributed by atoms with Crippen molar-refractivity contribution in [1.29, 1.82) is 0 Å². The minimum atomic E-state index is 0.135. The fourth-order valence-corrected chi connectivity index (χ4v) is 3.13. The fraction of sp³-hybridized carbons (Fsp3) is 1.00. The number of hydrogen-bond donors (Lipinski definition) is 1. The normalized spacial score (nSPS) is 27.9. The van der Waals surface area contributed by atoms with Gasteiger partial charge in [-0.05, 0) is 56.9 Å². The second kappa shape index (κ2) is 8.97. The molecular weight excluding hydrogens is 234 g/mol. The van der Waals surface area contributed by atoms with Crippen molar-refractivity contribution in [2.24, 2.45) is 11.8 Å². The van der Waals surface area contributed by atoms with Crippen molar-refractivity contribution in [2.75, 3.05) is 19.7 Å². The summed E-state index contributed by atoms with van der Waals surface area (Å²) in [7, 11) is 0. The lowest BCUT2D eigenvalue weighted by atomic mass is 9.74. The molecule has 1 aliphatic carbocycles. The summed E-state index contributed by atoms with van der Waals surface area (Å²) < 4.78 is 6.32. The monoisotopic (exact) mass is 269 g/mol. The molecule has 1 saturated carbocycles. The number of hydrogen-bond acceptors (Lipinski definition) is 2. The average Bonchev–Trinajstić information content (AvgIpc) is 2.40. The van der Waals surface area contributed by atoms with E-state index in [4.69, 9.17) is 4.74 Å². The lowest BCUT2D eigenvalue weighted by Crippen LogP contribution is -2.46. The molecule has 0 atom stereocenters. The molecule has 2 heteroatoms. The van der Waals surface area contributed by atoms with Crippen LogP contribution < -0.4 is 5.32 Å². The van der Waals surface area contributed by atoms with Gasteiger partial charge in [0.25, 0.3) is 0 Å². The van der Waals surface area contributed by atoms with Crippen molar-refractivity contribution in [2.45, 2.75) is 78.2 Å². The van der Waals surface area contributed by atoms with Gasteiger partial charge in [-0.3, -0.25) is 0 Å². The van der Waals surface area contributed by atoms with Crippen molar-refractivity contribution in [1.82, 2.24) is 5.32 Å². The summed E-state index contributed by atoms with van der Waals surface area (Å²) >= 11 is 0. The van der Waals surface area contributed by atoms with Gasteiger partial charge in [0, 0.05) is 13.2 Å². The lowest BCUT2D eigenvalue weighted by molar-refractivity contribution is -0.0801. The summed E-state index contributed by atoms with van der Waals surface area (Å²) in [4.78, 5) is 0. The summed E-state index contributed by atoms with van der Waals surface area (Å²) in [5.41, 5.74) is 0.135. The highest BCUT2D eigenvalue weighted by Crippen LogP contribution is 2.37. The molecule has 114 valence electrons. The first-order valence-corrected chi connectivity index (χ1v) is 8.48. The molecule has 0 radical (unpaired) electrons. The van der Waals surface area contributed by atoms with Crippen LogP contribution in [-0.2, 0) is 4.74 Å². The van der Waals surface area contributed by atoms with Crippen molar-refractivity contribution in [3.05, 3.63) is 0 Å². The van der Waals surface area contributed by atoms with E-state index < -0.39 is 0 Å². The molecule has 1 N–H and O–H groups in total.